The lowest BCUT2D eigenvalue weighted by Gasteiger charge is -2.15. The van der Waals surface area contributed by atoms with Gasteiger partial charge in [-0.25, -0.2) is 0 Å². The molecule has 2 nitrogen and oxygen atoms in total. The van der Waals surface area contributed by atoms with E-state index in [4.69, 9.17) is 5.73 Å². The van der Waals surface area contributed by atoms with E-state index >= 15 is 0 Å². The third-order valence-electron chi connectivity index (χ3n) is 3.61. The van der Waals surface area contributed by atoms with Gasteiger partial charge in [-0.05, 0) is 62.0 Å². The van der Waals surface area contributed by atoms with Crippen molar-refractivity contribution in [3.8, 4) is 0 Å². The lowest BCUT2D eigenvalue weighted by atomic mass is 10.0. The fourth-order valence-corrected chi connectivity index (χ4v) is 2.02. The minimum Gasteiger partial charge on any atom is -0.330 e. The topological polar surface area (TPSA) is 38.0 Å². The molecule has 0 amide bonds. The molecule has 1 rings (SSSR count). The maximum absolute atomic E-state index is 5.70. The van der Waals surface area contributed by atoms with E-state index in [0.29, 0.717) is 5.92 Å². The Kier molecular flexibility index (Phi) is 5.66. The van der Waals surface area contributed by atoms with Crippen LogP contribution in [0.4, 0.5) is 0 Å². The average molecular weight is 234 g/mol. The van der Waals surface area contributed by atoms with Gasteiger partial charge in [0.1, 0.15) is 0 Å². The summed E-state index contributed by atoms with van der Waals surface area (Å²) >= 11 is 0. The zero-order valence-electron chi connectivity index (χ0n) is 11.6. The van der Waals surface area contributed by atoms with Gasteiger partial charge in [0, 0.05) is 6.54 Å². The maximum Gasteiger partial charge on any atom is 0.0208 e. The number of hydrogen-bond donors (Lipinski definition) is 2. The Bertz CT molecular complexity index is 354. The monoisotopic (exact) mass is 234 g/mol. The van der Waals surface area contributed by atoms with Gasteiger partial charge in [0.15, 0.2) is 0 Å². The van der Waals surface area contributed by atoms with Gasteiger partial charge in [-0.3, -0.25) is 0 Å². The number of rotatable bonds is 6. The molecule has 0 bridgehead atoms. The smallest absolute Gasteiger partial charge is 0.0208 e. The first-order chi connectivity index (χ1) is 8.08. The average Bonchev–Trinajstić information content (AvgIpc) is 2.31. The molecule has 3 N–H and O–H groups in total. The molecule has 2 heteroatoms. The highest BCUT2D eigenvalue weighted by Gasteiger charge is 2.05. The number of hydrogen-bond acceptors (Lipinski definition) is 2. The van der Waals surface area contributed by atoms with Gasteiger partial charge in [0.05, 0.1) is 0 Å². The molecular formula is C15H26N2. The van der Waals surface area contributed by atoms with Gasteiger partial charge in [0.2, 0.25) is 0 Å². The molecule has 1 atom stereocenters. The number of aryl methyl sites for hydroxylation is 3. The van der Waals surface area contributed by atoms with Crippen molar-refractivity contribution in [2.24, 2.45) is 11.7 Å². The van der Waals surface area contributed by atoms with Crippen LogP contribution in [0, 0.1) is 26.7 Å². The summed E-state index contributed by atoms with van der Waals surface area (Å²) < 4.78 is 0. The van der Waals surface area contributed by atoms with Crippen molar-refractivity contribution < 1.29 is 0 Å². The van der Waals surface area contributed by atoms with E-state index in [1.807, 2.05) is 0 Å². The first-order valence-electron chi connectivity index (χ1n) is 6.56. The molecule has 0 saturated heterocycles. The normalized spacial score (nSPS) is 12.8. The number of nitrogens with one attached hydrogen (secondary N) is 1. The highest BCUT2D eigenvalue weighted by atomic mass is 14.9. The summed E-state index contributed by atoms with van der Waals surface area (Å²) in [5, 5.41) is 3.51. The molecule has 1 aromatic rings. The van der Waals surface area contributed by atoms with Crippen LogP contribution in [0.2, 0.25) is 0 Å². The molecule has 1 unspecified atom stereocenters. The Hall–Kier alpha value is -0.860. The first kappa shape index (κ1) is 14.2. The van der Waals surface area contributed by atoms with Crippen LogP contribution < -0.4 is 11.1 Å². The van der Waals surface area contributed by atoms with E-state index in [1.165, 1.54) is 22.3 Å². The van der Waals surface area contributed by atoms with E-state index in [9.17, 15) is 0 Å². The molecule has 0 aliphatic rings. The minimum absolute atomic E-state index is 0.599. The third-order valence-corrected chi connectivity index (χ3v) is 3.61. The minimum atomic E-state index is 0.599. The van der Waals surface area contributed by atoms with Crippen LogP contribution in [0.3, 0.4) is 0 Å². The van der Waals surface area contributed by atoms with Crippen LogP contribution in [0.5, 0.6) is 0 Å². The van der Waals surface area contributed by atoms with Gasteiger partial charge in [0.25, 0.3) is 0 Å². The zero-order chi connectivity index (χ0) is 12.8. The SMILES string of the molecule is CCC(CN)CNCc1cc(C)c(C)cc1C. The Morgan fingerprint density at radius 2 is 1.76 bits per heavy atom. The second kappa shape index (κ2) is 6.77. The van der Waals surface area contributed by atoms with Crippen molar-refractivity contribution >= 4 is 0 Å². The van der Waals surface area contributed by atoms with Crippen molar-refractivity contribution in [3.63, 3.8) is 0 Å². The predicted molar refractivity (Wildman–Crippen MR) is 75.2 cm³/mol. The maximum atomic E-state index is 5.70. The van der Waals surface area contributed by atoms with Crippen LogP contribution in [-0.2, 0) is 6.54 Å². The molecule has 0 aromatic heterocycles. The quantitative estimate of drug-likeness (QED) is 0.794. The highest BCUT2D eigenvalue weighted by Crippen LogP contribution is 2.15. The van der Waals surface area contributed by atoms with Gasteiger partial charge in [-0.1, -0.05) is 25.5 Å². The zero-order valence-corrected chi connectivity index (χ0v) is 11.6. The van der Waals surface area contributed by atoms with Gasteiger partial charge in [-0.2, -0.15) is 0 Å². The van der Waals surface area contributed by atoms with Crippen LogP contribution >= 0.6 is 0 Å². The molecular weight excluding hydrogens is 208 g/mol. The molecule has 0 aliphatic carbocycles. The van der Waals surface area contributed by atoms with Gasteiger partial charge in [-0.15, -0.1) is 0 Å². The summed E-state index contributed by atoms with van der Waals surface area (Å²) in [5.74, 6) is 0.599. The molecule has 0 fully saturated rings. The van der Waals surface area contributed by atoms with Crippen molar-refractivity contribution in [3.05, 3.63) is 34.4 Å². The second-order valence-electron chi connectivity index (χ2n) is 5.00. The summed E-state index contributed by atoms with van der Waals surface area (Å²) in [5.41, 5.74) is 11.2. The summed E-state index contributed by atoms with van der Waals surface area (Å²) in [7, 11) is 0. The number of benzene rings is 1. The molecule has 0 spiro atoms. The third kappa shape index (κ3) is 4.14. The Balaban J connectivity index is 2.55. The lowest BCUT2D eigenvalue weighted by Crippen LogP contribution is -2.27. The largest absolute Gasteiger partial charge is 0.330 e. The predicted octanol–water partition coefficient (Wildman–Crippen LogP) is 2.69. The van der Waals surface area contributed by atoms with Crippen LogP contribution in [0.1, 0.15) is 35.6 Å². The summed E-state index contributed by atoms with van der Waals surface area (Å²) in [4.78, 5) is 0. The van der Waals surface area contributed by atoms with Crippen molar-refractivity contribution in [1.82, 2.24) is 5.32 Å². The van der Waals surface area contributed by atoms with Crippen LogP contribution in [0.25, 0.3) is 0 Å². The van der Waals surface area contributed by atoms with Crippen molar-refractivity contribution in [2.45, 2.75) is 40.7 Å². The van der Waals surface area contributed by atoms with Crippen molar-refractivity contribution in [1.29, 1.82) is 0 Å². The van der Waals surface area contributed by atoms with E-state index in [0.717, 1.165) is 26.1 Å². The van der Waals surface area contributed by atoms with Gasteiger partial charge < -0.3 is 11.1 Å². The van der Waals surface area contributed by atoms with E-state index < -0.39 is 0 Å². The van der Waals surface area contributed by atoms with E-state index in [2.05, 4.69) is 45.1 Å². The Morgan fingerprint density at radius 1 is 1.12 bits per heavy atom. The van der Waals surface area contributed by atoms with E-state index in [-0.39, 0.29) is 0 Å². The summed E-state index contributed by atoms with van der Waals surface area (Å²) in [6, 6.07) is 4.56. The molecule has 1 aromatic carbocycles. The van der Waals surface area contributed by atoms with Gasteiger partial charge >= 0.3 is 0 Å². The highest BCUT2D eigenvalue weighted by molar-refractivity contribution is 5.36. The molecule has 96 valence electrons. The standard InChI is InChI=1S/C15H26N2/c1-5-14(8-16)9-17-10-15-7-12(3)11(2)6-13(15)4/h6-7,14,17H,5,8-10,16H2,1-4H3. The fourth-order valence-electron chi connectivity index (χ4n) is 2.02. The molecule has 17 heavy (non-hydrogen) atoms. The first-order valence-corrected chi connectivity index (χ1v) is 6.56. The molecule has 0 aliphatic heterocycles. The van der Waals surface area contributed by atoms with E-state index in [1.54, 1.807) is 0 Å². The molecule has 0 heterocycles. The second-order valence-corrected chi connectivity index (χ2v) is 5.00. The van der Waals surface area contributed by atoms with Crippen molar-refractivity contribution in [2.75, 3.05) is 13.1 Å². The lowest BCUT2D eigenvalue weighted by molar-refractivity contribution is 0.471. The molecule has 0 saturated carbocycles. The number of nitrogens with two attached hydrogens (primary N) is 1. The summed E-state index contributed by atoms with van der Waals surface area (Å²) in [6.45, 7) is 11.5. The Labute approximate surface area is 106 Å². The van der Waals surface area contributed by atoms with Crippen LogP contribution in [-0.4, -0.2) is 13.1 Å². The Morgan fingerprint density at radius 3 is 2.35 bits per heavy atom. The molecule has 0 radical (unpaired) electrons. The van der Waals surface area contributed by atoms with Crippen LogP contribution in [0.15, 0.2) is 12.1 Å². The summed E-state index contributed by atoms with van der Waals surface area (Å²) in [6.07, 6.45) is 1.15. The fraction of sp³-hybridized carbons (Fsp3) is 0.600.